The highest BCUT2D eigenvalue weighted by atomic mass is 79.9. The van der Waals surface area contributed by atoms with Gasteiger partial charge in [-0.2, -0.15) is 0 Å². The number of nitrogen functional groups attached to an aromatic ring is 1. The predicted octanol–water partition coefficient (Wildman–Crippen LogP) is 4.33. The van der Waals surface area contributed by atoms with Gasteiger partial charge in [0.25, 0.3) is 0 Å². The lowest BCUT2D eigenvalue weighted by molar-refractivity contribution is 0.413. The van der Waals surface area contributed by atoms with Crippen molar-refractivity contribution < 1.29 is 4.74 Å². The fourth-order valence-electron chi connectivity index (χ4n) is 1.56. The van der Waals surface area contributed by atoms with Gasteiger partial charge in [-0.25, -0.2) is 0 Å². The molecule has 0 unspecified atom stereocenters. The lowest BCUT2D eigenvalue weighted by Gasteiger charge is -2.07. The molecular formula is C14H14BrNOS. The number of thioether (sulfide) groups is 1. The maximum Gasteiger partial charge on any atom is 0.119 e. The summed E-state index contributed by atoms with van der Waals surface area (Å²) in [5.41, 5.74) is 7.83. The molecule has 0 spiro atoms. The first-order chi connectivity index (χ1) is 8.70. The minimum Gasteiger partial charge on any atom is -0.497 e. The Morgan fingerprint density at radius 3 is 2.78 bits per heavy atom. The summed E-state index contributed by atoms with van der Waals surface area (Å²) in [5, 5.41) is 0. The van der Waals surface area contributed by atoms with Gasteiger partial charge in [-0.15, -0.1) is 11.8 Å². The van der Waals surface area contributed by atoms with Crippen molar-refractivity contribution in [3.8, 4) is 5.75 Å². The Bertz CT molecular complexity index is 545. The van der Waals surface area contributed by atoms with Gasteiger partial charge in [0.15, 0.2) is 0 Å². The van der Waals surface area contributed by atoms with E-state index in [0.29, 0.717) is 0 Å². The number of hydrogen-bond donors (Lipinski definition) is 1. The van der Waals surface area contributed by atoms with Crippen LogP contribution in [0.1, 0.15) is 5.56 Å². The molecule has 2 rings (SSSR count). The first-order valence-electron chi connectivity index (χ1n) is 5.50. The van der Waals surface area contributed by atoms with Gasteiger partial charge in [-0.3, -0.25) is 0 Å². The van der Waals surface area contributed by atoms with E-state index in [1.54, 1.807) is 18.9 Å². The molecular weight excluding hydrogens is 310 g/mol. The molecule has 0 heterocycles. The van der Waals surface area contributed by atoms with Gasteiger partial charge >= 0.3 is 0 Å². The highest BCUT2D eigenvalue weighted by Crippen LogP contribution is 2.31. The van der Waals surface area contributed by atoms with Crippen molar-refractivity contribution in [2.45, 2.75) is 10.6 Å². The van der Waals surface area contributed by atoms with Crippen LogP contribution in [0.15, 0.2) is 51.8 Å². The Morgan fingerprint density at radius 2 is 2.00 bits per heavy atom. The highest BCUT2D eigenvalue weighted by molar-refractivity contribution is 9.10. The van der Waals surface area contributed by atoms with E-state index in [-0.39, 0.29) is 0 Å². The summed E-state index contributed by atoms with van der Waals surface area (Å²) < 4.78 is 6.19. The van der Waals surface area contributed by atoms with Crippen LogP contribution >= 0.6 is 27.7 Å². The van der Waals surface area contributed by atoms with Crippen molar-refractivity contribution in [2.24, 2.45) is 0 Å². The maximum absolute atomic E-state index is 5.86. The van der Waals surface area contributed by atoms with E-state index < -0.39 is 0 Å². The van der Waals surface area contributed by atoms with E-state index in [2.05, 4.69) is 28.1 Å². The van der Waals surface area contributed by atoms with Crippen LogP contribution in [-0.2, 0) is 5.75 Å². The molecule has 0 atom stereocenters. The van der Waals surface area contributed by atoms with Gasteiger partial charge in [-0.1, -0.05) is 18.2 Å². The molecule has 0 aliphatic carbocycles. The average Bonchev–Trinajstić information content (AvgIpc) is 2.41. The summed E-state index contributed by atoms with van der Waals surface area (Å²) in [7, 11) is 1.68. The second-order valence-electron chi connectivity index (χ2n) is 3.79. The van der Waals surface area contributed by atoms with E-state index in [1.165, 1.54) is 10.5 Å². The zero-order valence-corrected chi connectivity index (χ0v) is 12.4. The van der Waals surface area contributed by atoms with Gasteiger partial charge in [0.05, 0.1) is 7.11 Å². The molecule has 0 saturated carbocycles. The van der Waals surface area contributed by atoms with Crippen LogP contribution in [0.5, 0.6) is 5.75 Å². The molecule has 4 heteroatoms. The lowest BCUT2D eigenvalue weighted by atomic mass is 10.2. The van der Waals surface area contributed by atoms with Crippen molar-refractivity contribution in [3.63, 3.8) is 0 Å². The van der Waals surface area contributed by atoms with Gasteiger partial charge in [-0.05, 0) is 45.8 Å². The first-order valence-corrected chi connectivity index (χ1v) is 7.28. The summed E-state index contributed by atoms with van der Waals surface area (Å²) >= 11 is 5.28. The smallest absolute Gasteiger partial charge is 0.119 e. The summed E-state index contributed by atoms with van der Waals surface area (Å²) in [6, 6.07) is 14.0. The predicted molar refractivity (Wildman–Crippen MR) is 81.1 cm³/mol. The zero-order chi connectivity index (χ0) is 13.0. The molecule has 2 N–H and O–H groups in total. The van der Waals surface area contributed by atoms with E-state index in [9.17, 15) is 0 Å². The topological polar surface area (TPSA) is 35.2 Å². The van der Waals surface area contributed by atoms with Crippen LogP contribution in [0.3, 0.4) is 0 Å². The van der Waals surface area contributed by atoms with Crippen LogP contribution in [0.2, 0.25) is 0 Å². The first kappa shape index (κ1) is 13.3. The zero-order valence-electron chi connectivity index (χ0n) is 10.0. The number of hydrogen-bond acceptors (Lipinski definition) is 3. The molecule has 2 aromatic carbocycles. The number of rotatable bonds is 4. The third-order valence-corrected chi connectivity index (χ3v) is 4.55. The monoisotopic (exact) mass is 323 g/mol. The molecule has 94 valence electrons. The molecule has 0 saturated heterocycles. The fraction of sp³-hybridized carbons (Fsp3) is 0.143. The Labute approximate surface area is 120 Å². The molecule has 0 aromatic heterocycles. The molecule has 0 radical (unpaired) electrons. The minimum absolute atomic E-state index is 0.777. The molecule has 2 nitrogen and oxygen atoms in total. The molecule has 0 bridgehead atoms. The van der Waals surface area contributed by atoms with Crippen molar-refractivity contribution in [1.82, 2.24) is 0 Å². The number of benzene rings is 2. The van der Waals surface area contributed by atoms with Crippen LogP contribution in [0.4, 0.5) is 5.69 Å². The third-order valence-electron chi connectivity index (χ3n) is 2.54. The van der Waals surface area contributed by atoms with Crippen molar-refractivity contribution in [2.75, 3.05) is 12.8 Å². The fourth-order valence-corrected chi connectivity index (χ4v) is 3.09. The highest BCUT2D eigenvalue weighted by Gasteiger charge is 2.04. The Kier molecular flexibility index (Phi) is 4.55. The lowest BCUT2D eigenvalue weighted by Crippen LogP contribution is -1.90. The van der Waals surface area contributed by atoms with Gasteiger partial charge < -0.3 is 10.5 Å². The SMILES string of the molecule is COc1cccc(SCc2cccc(N)c2Br)c1. The van der Waals surface area contributed by atoms with E-state index in [1.807, 2.05) is 30.3 Å². The molecule has 18 heavy (non-hydrogen) atoms. The van der Waals surface area contributed by atoms with Crippen LogP contribution in [-0.4, -0.2) is 7.11 Å². The summed E-state index contributed by atoms with van der Waals surface area (Å²) in [6.07, 6.45) is 0. The minimum atomic E-state index is 0.777. The second kappa shape index (κ2) is 6.16. The van der Waals surface area contributed by atoms with E-state index >= 15 is 0 Å². The average molecular weight is 324 g/mol. The van der Waals surface area contributed by atoms with E-state index in [4.69, 9.17) is 10.5 Å². The number of anilines is 1. The van der Waals surface area contributed by atoms with Crippen LogP contribution < -0.4 is 10.5 Å². The quantitative estimate of drug-likeness (QED) is 0.671. The molecule has 0 fully saturated rings. The molecule has 0 amide bonds. The standard InChI is InChI=1S/C14H14BrNOS/c1-17-11-5-3-6-12(8-11)18-9-10-4-2-7-13(16)14(10)15/h2-8H,9,16H2,1H3. The number of ether oxygens (including phenoxy) is 1. The van der Waals surface area contributed by atoms with Crippen molar-refractivity contribution in [3.05, 3.63) is 52.5 Å². The Balaban J connectivity index is 2.09. The van der Waals surface area contributed by atoms with Crippen LogP contribution in [0.25, 0.3) is 0 Å². The van der Waals surface area contributed by atoms with Gasteiger partial charge in [0.2, 0.25) is 0 Å². The summed E-state index contributed by atoms with van der Waals surface area (Å²) in [4.78, 5) is 1.18. The van der Waals surface area contributed by atoms with E-state index in [0.717, 1.165) is 21.7 Å². The van der Waals surface area contributed by atoms with Crippen molar-refractivity contribution in [1.29, 1.82) is 0 Å². The normalized spacial score (nSPS) is 10.3. The summed E-state index contributed by atoms with van der Waals surface area (Å²) in [5.74, 6) is 1.75. The Morgan fingerprint density at radius 1 is 1.22 bits per heavy atom. The summed E-state index contributed by atoms with van der Waals surface area (Å²) in [6.45, 7) is 0. The number of nitrogens with two attached hydrogens (primary N) is 1. The molecule has 2 aromatic rings. The number of methoxy groups -OCH3 is 1. The second-order valence-corrected chi connectivity index (χ2v) is 5.63. The largest absolute Gasteiger partial charge is 0.497 e. The molecule has 0 aliphatic heterocycles. The number of halogens is 1. The van der Waals surface area contributed by atoms with Crippen LogP contribution in [0, 0.1) is 0 Å². The maximum atomic E-state index is 5.86. The molecule has 0 aliphatic rings. The Hall–Kier alpha value is -1.13. The third kappa shape index (κ3) is 3.21. The van der Waals surface area contributed by atoms with Crippen molar-refractivity contribution >= 4 is 33.4 Å². The van der Waals surface area contributed by atoms with Gasteiger partial charge in [0, 0.05) is 20.8 Å². The van der Waals surface area contributed by atoms with Gasteiger partial charge in [0.1, 0.15) is 5.75 Å².